The fraction of sp³-hybridized carbons (Fsp3) is 0.200. The van der Waals surface area contributed by atoms with Crippen molar-refractivity contribution in [3.8, 4) is 0 Å². The first-order valence-electron chi connectivity index (χ1n) is 6.53. The van der Waals surface area contributed by atoms with E-state index in [1.165, 1.54) is 11.3 Å². The van der Waals surface area contributed by atoms with Gasteiger partial charge in [-0.05, 0) is 36.1 Å². The van der Waals surface area contributed by atoms with E-state index in [1.807, 2.05) is 6.92 Å². The molecular formula is C15H12ClNO3S. The summed E-state index contributed by atoms with van der Waals surface area (Å²) in [6.07, 6.45) is 0.833. The molecule has 108 valence electrons. The molecule has 0 N–H and O–H groups in total. The second-order valence-electron chi connectivity index (χ2n) is 4.63. The molecule has 3 aromatic rings. The lowest BCUT2D eigenvalue weighted by Gasteiger charge is -2.01. The summed E-state index contributed by atoms with van der Waals surface area (Å²) in [5.74, 6) is -0.562. The molecule has 0 amide bonds. The van der Waals surface area contributed by atoms with Crippen LogP contribution in [0.1, 0.15) is 28.6 Å². The van der Waals surface area contributed by atoms with Crippen LogP contribution >= 0.6 is 22.9 Å². The number of halogens is 1. The van der Waals surface area contributed by atoms with Crippen molar-refractivity contribution >= 4 is 39.8 Å². The molecule has 0 spiro atoms. The topological polar surface area (TPSA) is 52.2 Å². The number of nitrogens with zero attached hydrogens (tertiary/aromatic N) is 1. The lowest BCUT2D eigenvalue weighted by molar-refractivity contribution is 0.104. The van der Waals surface area contributed by atoms with Crippen molar-refractivity contribution in [3.05, 3.63) is 55.7 Å². The van der Waals surface area contributed by atoms with Crippen LogP contribution in [0.2, 0.25) is 5.02 Å². The van der Waals surface area contributed by atoms with Gasteiger partial charge in [0.2, 0.25) is 5.78 Å². The average molecular weight is 322 g/mol. The molecule has 0 aliphatic heterocycles. The Morgan fingerprint density at radius 1 is 1.38 bits per heavy atom. The molecule has 0 aliphatic carbocycles. The summed E-state index contributed by atoms with van der Waals surface area (Å²) < 4.78 is 6.79. The molecule has 21 heavy (non-hydrogen) atoms. The van der Waals surface area contributed by atoms with Gasteiger partial charge in [0.25, 0.3) is 0 Å². The van der Waals surface area contributed by atoms with Gasteiger partial charge in [-0.1, -0.05) is 18.5 Å². The van der Waals surface area contributed by atoms with Crippen molar-refractivity contribution < 1.29 is 9.21 Å². The average Bonchev–Trinajstić information content (AvgIpc) is 3.02. The Hall–Kier alpha value is -1.85. The van der Waals surface area contributed by atoms with Crippen LogP contribution in [-0.4, -0.2) is 10.4 Å². The van der Waals surface area contributed by atoms with Gasteiger partial charge in [0.1, 0.15) is 0 Å². The van der Waals surface area contributed by atoms with E-state index < -0.39 is 5.76 Å². The number of rotatable bonds is 4. The minimum Gasteiger partial charge on any atom is -0.408 e. The first kappa shape index (κ1) is 14.1. The van der Waals surface area contributed by atoms with E-state index >= 15 is 0 Å². The Balaban J connectivity index is 2.08. The molecule has 0 aliphatic rings. The first-order chi connectivity index (χ1) is 10.1. The molecular weight excluding hydrogens is 310 g/mol. The Labute approximate surface area is 129 Å². The third kappa shape index (κ3) is 2.43. The predicted octanol–water partition coefficient (Wildman–Crippen LogP) is 3.95. The third-order valence-electron chi connectivity index (χ3n) is 3.20. The summed E-state index contributed by atoms with van der Waals surface area (Å²) in [4.78, 5) is 24.7. The summed E-state index contributed by atoms with van der Waals surface area (Å²) in [5, 5.41) is 2.21. The zero-order chi connectivity index (χ0) is 15.0. The lowest BCUT2D eigenvalue weighted by Crippen LogP contribution is -2.13. The lowest BCUT2D eigenvalue weighted by atomic mass is 10.1. The van der Waals surface area contributed by atoms with Gasteiger partial charge in [-0.15, -0.1) is 11.3 Å². The maximum absolute atomic E-state index is 12.4. The minimum atomic E-state index is -0.398. The van der Waals surface area contributed by atoms with Crippen LogP contribution < -0.4 is 5.76 Å². The summed E-state index contributed by atoms with van der Waals surface area (Å²) >= 11 is 7.28. The maximum atomic E-state index is 12.4. The monoisotopic (exact) mass is 321 g/mol. The van der Waals surface area contributed by atoms with Gasteiger partial charge in [0.15, 0.2) is 5.58 Å². The summed E-state index contributed by atoms with van der Waals surface area (Å²) in [6, 6.07) is 6.73. The highest BCUT2D eigenvalue weighted by atomic mass is 35.5. The van der Waals surface area contributed by atoms with E-state index in [1.54, 1.807) is 34.2 Å². The van der Waals surface area contributed by atoms with Gasteiger partial charge in [0.05, 0.1) is 15.4 Å². The largest absolute Gasteiger partial charge is 0.419 e. The van der Waals surface area contributed by atoms with Gasteiger partial charge in [-0.3, -0.25) is 9.36 Å². The van der Waals surface area contributed by atoms with E-state index in [4.69, 9.17) is 16.0 Å². The number of oxazole rings is 1. The van der Waals surface area contributed by atoms with Gasteiger partial charge in [0, 0.05) is 12.1 Å². The number of carbonyl (C=O) groups excluding carboxylic acids is 1. The van der Waals surface area contributed by atoms with E-state index in [2.05, 4.69) is 0 Å². The Morgan fingerprint density at radius 3 is 2.86 bits per heavy atom. The van der Waals surface area contributed by atoms with Crippen molar-refractivity contribution in [2.45, 2.75) is 19.9 Å². The molecule has 0 unspecified atom stereocenters. The van der Waals surface area contributed by atoms with Crippen LogP contribution in [0.15, 0.2) is 38.9 Å². The zero-order valence-electron chi connectivity index (χ0n) is 11.3. The highest BCUT2D eigenvalue weighted by Crippen LogP contribution is 2.26. The maximum Gasteiger partial charge on any atom is 0.419 e. The number of fused-ring (bicyclic) bond motifs is 1. The van der Waals surface area contributed by atoms with Gasteiger partial charge in [-0.25, -0.2) is 4.79 Å². The molecule has 6 heteroatoms. The third-order valence-corrected chi connectivity index (χ3v) is 4.54. The van der Waals surface area contributed by atoms with Crippen LogP contribution in [0.5, 0.6) is 0 Å². The molecule has 2 aromatic heterocycles. The van der Waals surface area contributed by atoms with E-state index in [0.717, 1.165) is 6.42 Å². The molecule has 0 saturated heterocycles. The number of hydrogen-bond donors (Lipinski definition) is 0. The summed E-state index contributed by atoms with van der Waals surface area (Å²) in [6.45, 7) is 2.58. The Morgan fingerprint density at radius 2 is 2.19 bits per heavy atom. The predicted molar refractivity (Wildman–Crippen MR) is 83.5 cm³/mol. The molecule has 0 bridgehead atoms. The first-order valence-corrected chi connectivity index (χ1v) is 7.78. The van der Waals surface area contributed by atoms with Crippen LogP contribution in [-0.2, 0) is 6.54 Å². The van der Waals surface area contributed by atoms with E-state index in [0.29, 0.717) is 33.1 Å². The van der Waals surface area contributed by atoms with Crippen LogP contribution in [0, 0.1) is 0 Å². The summed E-state index contributed by atoms with van der Waals surface area (Å²) in [5.41, 5.74) is 1.59. The fourth-order valence-electron chi connectivity index (χ4n) is 2.23. The van der Waals surface area contributed by atoms with Gasteiger partial charge >= 0.3 is 5.76 Å². The summed E-state index contributed by atoms with van der Waals surface area (Å²) in [7, 11) is 0. The zero-order valence-corrected chi connectivity index (χ0v) is 12.8. The highest BCUT2D eigenvalue weighted by Gasteiger charge is 2.17. The molecule has 0 fully saturated rings. The number of ketones is 1. The van der Waals surface area contributed by atoms with Crippen LogP contribution in [0.4, 0.5) is 0 Å². The van der Waals surface area contributed by atoms with E-state index in [9.17, 15) is 9.59 Å². The second-order valence-corrected chi connectivity index (χ2v) is 5.95. The molecule has 0 atom stereocenters. The normalized spacial score (nSPS) is 11.1. The molecule has 0 radical (unpaired) electrons. The number of benzene rings is 1. The minimum absolute atomic E-state index is 0.164. The number of thiophene rings is 1. The molecule has 4 nitrogen and oxygen atoms in total. The second kappa shape index (κ2) is 5.50. The standard InChI is InChI=1S/C15H12ClNO3S/c1-2-6-17-11-4-3-9(8-12(11)20-15(17)19)13(18)14-10(16)5-7-21-14/h3-5,7-8H,2,6H2,1H3. The van der Waals surface area contributed by atoms with Crippen LogP contribution in [0.3, 0.4) is 0 Å². The Bertz CT molecular complexity index is 875. The molecule has 1 aromatic carbocycles. The number of aryl methyl sites for hydroxylation is 1. The number of aromatic nitrogens is 1. The molecule has 3 rings (SSSR count). The molecule has 0 saturated carbocycles. The fourth-order valence-corrected chi connectivity index (χ4v) is 3.33. The van der Waals surface area contributed by atoms with Crippen molar-refractivity contribution in [3.63, 3.8) is 0 Å². The van der Waals surface area contributed by atoms with Crippen molar-refractivity contribution in [2.24, 2.45) is 0 Å². The SMILES string of the molecule is CCCn1c(=O)oc2cc(C(=O)c3sccc3Cl)ccc21. The number of hydrogen-bond acceptors (Lipinski definition) is 4. The van der Waals surface area contributed by atoms with Gasteiger partial charge < -0.3 is 4.42 Å². The van der Waals surface area contributed by atoms with Crippen LogP contribution in [0.25, 0.3) is 11.1 Å². The molecule has 2 heterocycles. The van der Waals surface area contributed by atoms with Crippen molar-refractivity contribution in [2.75, 3.05) is 0 Å². The van der Waals surface area contributed by atoms with E-state index in [-0.39, 0.29) is 5.78 Å². The smallest absolute Gasteiger partial charge is 0.408 e. The van der Waals surface area contributed by atoms with Crippen molar-refractivity contribution in [1.29, 1.82) is 0 Å². The quantitative estimate of drug-likeness (QED) is 0.684. The number of carbonyl (C=O) groups is 1. The highest BCUT2D eigenvalue weighted by molar-refractivity contribution is 7.13. The van der Waals surface area contributed by atoms with Crippen molar-refractivity contribution in [1.82, 2.24) is 4.57 Å². The Kier molecular flexibility index (Phi) is 3.69. The van der Waals surface area contributed by atoms with Gasteiger partial charge in [-0.2, -0.15) is 0 Å².